The minimum atomic E-state index is -0.952. The van der Waals surface area contributed by atoms with Gasteiger partial charge in [-0.2, -0.15) is 0 Å². The Morgan fingerprint density at radius 1 is 0.963 bits per heavy atom. The number of hydrogen-bond acceptors (Lipinski definition) is 3. The predicted octanol–water partition coefficient (Wildman–Crippen LogP) is 5.48. The van der Waals surface area contributed by atoms with Crippen molar-refractivity contribution in [1.29, 1.82) is 0 Å². The van der Waals surface area contributed by atoms with E-state index >= 15 is 0 Å². The number of carbonyl (C=O) groups is 1. The minimum absolute atomic E-state index is 0.265. The van der Waals surface area contributed by atoms with Crippen LogP contribution < -0.4 is 10.6 Å². The van der Waals surface area contributed by atoms with Crippen molar-refractivity contribution in [3.8, 4) is 0 Å². The van der Waals surface area contributed by atoms with Gasteiger partial charge in [-0.15, -0.1) is 0 Å². The Labute approximate surface area is 156 Å². The van der Waals surface area contributed by atoms with Crippen molar-refractivity contribution in [2.45, 2.75) is 19.8 Å². The van der Waals surface area contributed by atoms with Crippen molar-refractivity contribution in [2.24, 2.45) is 0 Å². The molecule has 2 aromatic carbocycles. The highest BCUT2D eigenvalue weighted by Gasteiger charge is 2.12. The summed E-state index contributed by atoms with van der Waals surface area (Å²) in [6.45, 7) is 4.11. The van der Waals surface area contributed by atoms with Gasteiger partial charge >= 0.3 is 0 Å². The van der Waals surface area contributed by atoms with Gasteiger partial charge in [0, 0.05) is 23.6 Å². The zero-order valence-electron chi connectivity index (χ0n) is 15.0. The Balaban J connectivity index is 1.79. The number of pyridine rings is 1. The topological polar surface area (TPSA) is 54.0 Å². The molecule has 6 heteroatoms. The first kappa shape index (κ1) is 18.5. The van der Waals surface area contributed by atoms with Crippen molar-refractivity contribution in [2.75, 3.05) is 10.6 Å². The number of para-hydroxylation sites is 1. The molecule has 0 aliphatic carbocycles. The van der Waals surface area contributed by atoms with E-state index in [-0.39, 0.29) is 11.8 Å². The fraction of sp³-hybridized carbons (Fsp3) is 0.143. The van der Waals surface area contributed by atoms with Gasteiger partial charge in [-0.3, -0.25) is 9.78 Å². The van der Waals surface area contributed by atoms with Gasteiger partial charge in [-0.1, -0.05) is 32.0 Å². The summed E-state index contributed by atoms with van der Waals surface area (Å²) in [5, 5.41) is 5.81. The van der Waals surface area contributed by atoms with Gasteiger partial charge in [0.1, 0.15) is 0 Å². The smallest absolute Gasteiger partial charge is 0.257 e. The zero-order chi connectivity index (χ0) is 19.4. The maximum atomic E-state index is 13.3. The minimum Gasteiger partial charge on any atom is -0.354 e. The van der Waals surface area contributed by atoms with Gasteiger partial charge in [-0.25, -0.2) is 8.78 Å². The van der Waals surface area contributed by atoms with E-state index in [4.69, 9.17) is 0 Å². The summed E-state index contributed by atoms with van der Waals surface area (Å²) >= 11 is 0. The summed E-state index contributed by atoms with van der Waals surface area (Å²) in [6, 6.07) is 12.7. The van der Waals surface area contributed by atoms with Crippen LogP contribution in [-0.2, 0) is 0 Å². The number of aromatic nitrogens is 1. The molecule has 0 aliphatic rings. The standard InChI is InChI=1S/C21H19F2N3O/c1-13(2)17-5-3-4-6-20(17)26-21(27)14-9-16(12-24-11-14)25-15-7-8-18(22)19(23)10-15/h3-13,25H,1-2H3,(H,26,27). The number of nitrogens with one attached hydrogen (secondary N) is 2. The Hall–Kier alpha value is -3.28. The molecule has 0 aliphatic heterocycles. The molecule has 3 aromatic rings. The normalized spacial score (nSPS) is 10.7. The van der Waals surface area contributed by atoms with Crippen molar-refractivity contribution in [3.63, 3.8) is 0 Å². The molecule has 1 aromatic heterocycles. The van der Waals surface area contributed by atoms with E-state index in [0.29, 0.717) is 16.9 Å². The van der Waals surface area contributed by atoms with Gasteiger partial charge in [0.2, 0.25) is 0 Å². The van der Waals surface area contributed by atoms with Crippen LogP contribution >= 0.6 is 0 Å². The van der Waals surface area contributed by atoms with E-state index in [1.807, 2.05) is 24.3 Å². The first-order valence-corrected chi connectivity index (χ1v) is 8.51. The maximum Gasteiger partial charge on any atom is 0.257 e. The maximum absolute atomic E-state index is 13.3. The van der Waals surface area contributed by atoms with E-state index in [1.54, 1.807) is 6.07 Å². The lowest BCUT2D eigenvalue weighted by atomic mass is 10.0. The lowest BCUT2D eigenvalue weighted by Gasteiger charge is -2.14. The third-order valence-electron chi connectivity index (χ3n) is 4.04. The molecule has 0 atom stereocenters. The molecule has 27 heavy (non-hydrogen) atoms. The lowest BCUT2D eigenvalue weighted by molar-refractivity contribution is 0.102. The number of benzene rings is 2. The van der Waals surface area contributed by atoms with Crippen LogP contribution in [0.15, 0.2) is 60.9 Å². The Morgan fingerprint density at radius 3 is 2.48 bits per heavy atom. The Morgan fingerprint density at radius 2 is 1.74 bits per heavy atom. The van der Waals surface area contributed by atoms with Gasteiger partial charge < -0.3 is 10.6 Å². The summed E-state index contributed by atoms with van der Waals surface area (Å²) in [5.41, 5.74) is 2.98. The SMILES string of the molecule is CC(C)c1ccccc1NC(=O)c1cncc(Nc2ccc(F)c(F)c2)c1. The molecular formula is C21H19F2N3O. The van der Waals surface area contributed by atoms with Crippen LogP contribution in [0.3, 0.4) is 0 Å². The van der Waals surface area contributed by atoms with Crippen molar-refractivity contribution >= 4 is 23.0 Å². The molecule has 0 radical (unpaired) electrons. The van der Waals surface area contributed by atoms with E-state index < -0.39 is 11.6 Å². The summed E-state index contributed by atoms with van der Waals surface area (Å²) in [7, 11) is 0. The average molecular weight is 367 g/mol. The van der Waals surface area contributed by atoms with Gasteiger partial charge in [0.05, 0.1) is 17.4 Å². The third-order valence-corrected chi connectivity index (χ3v) is 4.04. The highest BCUT2D eigenvalue weighted by atomic mass is 19.2. The number of nitrogens with zero attached hydrogens (tertiary/aromatic N) is 1. The molecule has 1 heterocycles. The summed E-state index contributed by atoms with van der Waals surface area (Å²) in [5.74, 6) is -1.91. The van der Waals surface area contributed by atoms with Gasteiger partial charge in [-0.05, 0) is 35.7 Å². The molecule has 1 amide bonds. The molecule has 0 spiro atoms. The highest BCUT2D eigenvalue weighted by Crippen LogP contribution is 2.25. The second kappa shape index (κ2) is 7.95. The van der Waals surface area contributed by atoms with Crippen LogP contribution in [0.2, 0.25) is 0 Å². The van der Waals surface area contributed by atoms with Crippen molar-refractivity contribution < 1.29 is 13.6 Å². The number of anilines is 3. The van der Waals surface area contributed by atoms with Gasteiger partial charge in [0.25, 0.3) is 5.91 Å². The Kier molecular flexibility index (Phi) is 5.45. The Bertz CT molecular complexity index is 973. The molecule has 4 nitrogen and oxygen atoms in total. The summed E-state index contributed by atoms with van der Waals surface area (Å²) in [6.07, 6.45) is 2.95. The zero-order valence-corrected chi connectivity index (χ0v) is 15.0. The molecule has 0 bridgehead atoms. The molecule has 0 saturated carbocycles. The van der Waals surface area contributed by atoms with E-state index in [2.05, 4.69) is 29.5 Å². The monoisotopic (exact) mass is 367 g/mol. The lowest BCUT2D eigenvalue weighted by Crippen LogP contribution is -2.14. The van der Waals surface area contributed by atoms with Gasteiger partial charge in [0.15, 0.2) is 11.6 Å². The van der Waals surface area contributed by atoms with Crippen molar-refractivity contribution in [1.82, 2.24) is 4.98 Å². The van der Waals surface area contributed by atoms with Crippen LogP contribution in [0.1, 0.15) is 35.7 Å². The van der Waals surface area contributed by atoms with Crippen LogP contribution in [0.4, 0.5) is 25.8 Å². The molecule has 3 rings (SSSR count). The van der Waals surface area contributed by atoms with Crippen LogP contribution in [0.25, 0.3) is 0 Å². The highest BCUT2D eigenvalue weighted by molar-refractivity contribution is 6.05. The summed E-state index contributed by atoms with van der Waals surface area (Å²) < 4.78 is 26.4. The largest absolute Gasteiger partial charge is 0.354 e. The quantitative estimate of drug-likeness (QED) is 0.628. The molecule has 0 saturated heterocycles. The number of hydrogen-bond donors (Lipinski definition) is 2. The number of carbonyl (C=O) groups excluding carboxylic acids is 1. The molecular weight excluding hydrogens is 348 g/mol. The fourth-order valence-electron chi connectivity index (χ4n) is 2.68. The third kappa shape index (κ3) is 4.47. The van der Waals surface area contributed by atoms with Crippen LogP contribution in [-0.4, -0.2) is 10.9 Å². The first-order chi connectivity index (χ1) is 12.9. The van der Waals surface area contributed by atoms with Crippen LogP contribution in [0.5, 0.6) is 0 Å². The van der Waals surface area contributed by atoms with E-state index in [0.717, 1.165) is 23.4 Å². The number of rotatable bonds is 5. The molecule has 0 unspecified atom stereocenters. The first-order valence-electron chi connectivity index (χ1n) is 8.51. The van der Waals surface area contributed by atoms with Crippen molar-refractivity contribution in [3.05, 3.63) is 83.7 Å². The van der Waals surface area contributed by atoms with E-state index in [9.17, 15) is 13.6 Å². The van der Waals surface area contributed by atoms with Crippen LogP contribution in [0, 0.1) is 11.6 Å². The second-order valence-corrected chi connectivity index (χ2v) is 6.41. The molecule has 2 N–H and O–H groups in total. The number of amides is 1. The summed E-state index contributed by atoms with van der Waals surface area (Å²) in [4.78, 5) is 16.7. The van der Waals surface area contributed by atoms with E-state index in [1.165, 1.54) is 18.5 Å². The fourth-order valence-corrected chi connectivity index (χ4v) is 2.68. The molecule has 138 valence electrons. The second-order valence-electron chi connectivity index (χ2n) is 6.41. The predicted molar refractivity (Wildman–Crippen MR) is 102 cm³/mol. The average Bonchev–Trinajstić information content (AvgIpc) is 2.65. The number of halogens is 2. The molecule has 0 fully saturated rings.